The molecule has 0 unspecified atom stereocenters. The molecule has 5 rings (SSSR count). The predicted molar refractivity (Wildman–Crippen MR) is 92.6 cm³/mol. The number of rotatable bonds is 2. The number of esters is 1. The fourth-order valence-corrected chi connectivity index (χ4v) is 5.37. The SMILES string of the molecule is CC(=O)OC[C@H]1O[C@@H]2OC3(CCCCC3)O[C@@H]2[C@H]2OC3(CCCCC3)O[C@H]21. The summed E-state index contributed by atoms with van der Waals surface area (Å²) >= 11 is 0. The molecule has 7 nitrogen and oxygen atoms in total. The topological polar surface area (TPSA) is 72.5 Å². The van der Waals surface area contributed by atoms with Crippen LogP contribution in [0.3, 0.4) is 0 Å². The molecule has 0 N–H and O–H groups in total. The first-order chi connectivity index (χ1) is 13.1. The van der Waals surface area contributed by atoms with Crippen molar-refractivity contribution < 1.29 is 33.2 Å². The van der Waals surface area contributed by atoms with Gasteiger partial charge in [0.1, 0.15) is 31.0 Å². The molecule has 0 aromatic heterocycles. The molecule has 5 atom stereocenters. The minimum atomic E-state index is -0.555. The molecular weight excluding hydrogens is 352 g/mol. The first kappa shape index (κ1) is 18.3. The third kappa shape index (κ3) is 3.31. The van der Waals surface area contributed by atoms with Gasteiger partial charge in [-0.25, -0.2) is 0 Å². The number of fused-ring (bicyclic) bond motifs is 3. The largest absolute Gasteiger partial charge is 0.463 e. The Balaban J connectivity index is 1.38. The molecule has 3 saturated heterocycles. The average Bonchev–Trinajstić information content (AvgIpc) is 3.19. The lowest BCUT2D eigenvalue weighted by Gasteiger charge is -2.36. The van der Waals surface area contributed by atoms with Crippen molar-refractivity contribution in [2.75, 3.05) is 6.61 Å². The van der Waals surface area contributed by atoms with Gasteiger partial charge in [-0.3, -0.25) is 4.79 Å². The maximum atomic E-state index is 11.3. The van der Waals surface area contributed by atoms with Crippen LogP contribution < -0.4 is 0 Å². The number of carbonyl (C=O) groups is 1. The third-order valence-electron chi connectivity index (χ3n) is 6.66. The van der Waals surface area contributed by atoms with Crippen LogP contribution in [0.5, 0.6) is 0 Å². The van der Waals surface area contributed by atoms with Gasteiger partial charge in [0.2, 0.25) is 0 Å². The lowest BCUT2D eigenvalue weighted by molar-refractivity contribution is -0.255. The van der Waals surface area contributed by atoms with E-state index in [1.807, 2.05) is 0 Å². The van der Waals surface area contributed by atoms with Crippen LogP contribution in [0.4, 0.5) is 0 Å². The van der Waals surface area contributed by atoms with Gasteiger partial charge >= 0.3 is 5.97 Å². The van der Waals surface area contributed by atoms with E-state index in [1.165, 1.54) is 19.8 Å². The first-order valence-electron chi connectivity index (χ1n) is 10.6. The Morgan fingerprint density at radius 3 is 2.00 bits per heavy atom. The second-order valence-electron chi connectivity index (χ2n) is 8.65. The molecule has 152 valence electrons. The average molecular weight is 382 g/mol. The van der Waals surface area contributed by atoms with Crippen LogP contribution in [0.2, 0.25) is 0 Å². The highest BCUT2D eigenvalue weighted by Gasteiger charge is 2.64. The molecule has 3 aliphatic heterocycles. The van der Waals surface area contributed by atoms with Crippen LogP contribution in [-0.4, -0.2) is 54.9 Å². The quantitative estimate of drug-likeness (QED) is 0.680. The fourth-order valence-electron chi connectivity index (χ4n) is 5.37. The Kier molecular flexibility index (Phi) is 4.71. The highest BCUT2D eigenvalue weighted by Crippen LogP contribution is 2.50. The molecule has 0 bridgehead atoms. The maximum Gasteiger partial charge on any atom is 0.302 e. The van der Waals surface area contributed by atoms with E-state index >= 15 is 0 Å². The highest BCUT2D eigenvalue weighted by atomic mass is 16.9. The zero-order valence-electron chi connectivity index (χ0n) is 16.0. The standard InChI is InChI=1S/C20H30O7/c1-13(21)22-12-14-15-16(25-19(24-15)8-4-2-5-9-19)17-18(23-14)27-20(26-17)10-6-3-7-11-20/h14-18H,2-12H2,1H3/t14-,15+,16+,17-,18-/m1/s1. The van der Waals surface area contributed by atoms with Crippen LogP contribution in [0, 0.1) is 0 Å². The smallest absolute Gasteiger partial charge is 0.302 e. The van der Waals surface area contributed by atoms with E-state index in [0.29, 0.717) is 0 Å². The Morgan fingerprint density at radius 2 is 1.37 bits per heavy atom. The zero-order chi connectivity index (χ0) is 18.5. The molecule has 0 amide bonds. The molecule has 2 saturated carbocycles. The van der Waals surface area contributed by atoms with Crippen molar-refractivity contribution in [2.24, 2.45) is 0 Å². The summed E-state index contributed by atoms with van der Waals surface area (Å²) in [6.07, 6.45) is 8.68. The van der Waals surface area contributed by atoms with Gasteiger partial charge in [0.25, 0.3) is 0 Å². The van der Waals surface area contributed by atoms with Crippen LogP contribution in [0.1, 0.15) is 71.1 Å². The van der Waals surface area contributed by atoms with E-state index in [0.717, 1.165) is 51.4 Å². The van der Waals surface area contributed by atoms with Crippen molar-refractivity contribution in [3.63, 3.8) is 0 Å². The molecule has 2 spiro atoms. The monoisotopic (exact) mass is 382 g/mol. The molecule has 5 fully saturated rings. The van der Waals surface area contributed by atoms with Crippen LogP contribution in [0.15, 0.2) is 0 Å². The fraction of sp³-hybridized carbons (Fsp3) is 0.950. The Morgan fingerprint density at radius 1 is 0.815 bits per heavy atom. The van der Waals surface area contributed by atoms with Crippen LogP contribution in [0.25, 0.3) is 0 Å². The number of hydrogen-bond donors (Lipinski definition) is 0. The van der Waals surface area contributed by atoms with Gasteiger partial charge in [-0.15, -0.1) is 0 Å². The van der Waals surface area contributed by atoms with Gasteiger partial charge in [-0.2, -0.15) is 0 Å². The Bertz CT molecular complexity index is 567. The zero-order valence-corrected chi connectivity index (χ0v) is 16.0. The highest BCUT2D eigenvalue weighted by molar-refractivity contribution is 5.65. The number of ether oxygens (including phenoxy) is 6. The molecule has 3 heterocycles. The molecule has 27 heavy (non-hydrogen) atoms. The summed E-state index contributed by atoms with van der Waals surface area (Å²) in [5.74, 6) is -1.43. The summed E-state index contributed by atoms with van der Waals surface area (Å²) in [7, 11) is 0. The predicted octanol–water partition coefficient (Wildman–Crippen LogP) is 2.79. The van der Waals surface area contributed by atoms with Gasteiger partial charge in [-0.1, -0.05) is 12.8 Å². The van der Waals surface area contributed by atoms with Crippen molar-refractivity contribution >= 4 is 5.97 Å². The maximum absolute atomic E-state index is 11.3. The molecule has 0 radical (unpaired) electrons. The second-order valence-corrected chi connectivity index (χ2v) is 8.65. The summed E-state index contributed by atoms with van der Waals surface area (Å²) in [5.41, 5.74) is 0. The van der Waals surface area contributed by atoms with Crippen molar-refractivity contribution in [1.82, 2.24) is 0 Å². The van der Waals surface area contributed by atoms with E-state index in [9.17, 15) is 4.79 Å². The Labute approximate surface area is 159 Å². The van der Waals surface area contributed by atoms with E-state index in [1.54, 1.807) is 0 Å². The summed E-state index contributed by atoms with van der Waals surface area (Å²) in [6, 6.07) is 0. The van der Waals surface area contributed by atoms with Gasteiger partial charge in [-0.05, 0) is 25.7 Å². The third-order valence-corrected chi connectivity index (χ3v) is 6.66. The van der Waals surface area contributed by atoms with Crippen molar-refractivity contribution in [3.05, 3.63) is 0 Å². The van der Waals surface area contributed by atoms with E-state index in [4.69, 9.17) is 28.4 Å². The molecule has 5 aliphatic rings. The van der Waals surface area contributed by atoms with Crippen molar-refractivity contribution in [3.8, 4) is 0 Å². The van der Waals surface area contributed by atoms with E-state index in [2.05, 4.69) is 0 Å². The molecule has 0 aromatic rings. The summed E-state index contributed by atoms with van der Waals surface area (Å²) < 4.78 is 37.2. The summed E-state index contributed by atoms with van der Waals surface area (Å²) in [5, 5.41) is 0. The van der Waals surface area contributed by atoms with E-state index in [-0.39, 0.29) is 30.9 Å². The molecule has 2 aliphatic carbocycles. The van der Waals surface area contributed by atoms with Gasteiger partial charge in [0, 0.05) is 32.6 Å². The lowest BCUT2D eigenvalue weighted by Crippen LogP contribution is -2.56. The molecule has 0 aromatic carbocycles. The Hall–Kier alpha value is -0.730. The van der Waals surface area contributed by atoms with E-state index < -0.39 is 24.0 Å². The first-order valence-corrected chi connectivity index (χ1v) is 10.6. The second kappa shape index (κ2) is 6.95. The normalized spacial score (nSPS) is 42.0. The lowest BCUT2D eigenvalue weighted by atomic mass is 9.94. The number of hydrogen-bond acceptors (Lipinski definition) is 7. The molecular formula is C20H30O7. The van der Waals surface area contributed by atoms with Crippen LogP contribution >= 0.6 is 0 Å². The minimum absolute atomic E-state index is 0.148. The summed E-state index contributed by atoms with van der Waals surface area (Å²) in [6.45, 7) is 1.56. The molecule has 7 heteroatoms. The van der Waals surface area contributed by atoms with Gasteiger partial charge < -0.3 is 28.4 Å². The van der Waals surface area contributed by atoms with Gasteiger partial charge in [0.15, 0.2) is 17.9 Å². The van der Waals surface area contributed by atoms with Gasteiger partial charge in [0.05, 0.1) is 0 Å². The van der Waals surface area contributed by atoms with Crippen molar-refractivity contribution in [2.45, 2.75) is 113 Å². The minimum Gasteiger partial charge on any atom is -0.463 e. The van der Waals surface area contributed by atoms with Crippen molar-refractivity contribution in [1.29, 1.82) is 0 Å². The summed E-state index contributed by atoms with van der Waals surface area (Å²) in [4.78, 5) is 11.3. The number of carbonyl (C=O) groups excluding carboxylic acids is 1. The van der Waals surface area contributed by atoms with Crippen LogP contribution in [-0.2, 0) is 33.2 Å².